The van der Waals surface area contributed by atoms with Gasteiger partial charge in [0.25, 0.3) is 0 Å². The maximum Gasteiger partial charge on any atom is 0.306 e. The Morgan fingerprint density at radius 2 is 2.42 bits per heavy atom. The van der Waals surface area contributed by atoms with Crippen molar-refractivity contribution in [1.82, 2.24) is 5.32 Å². The zero-order valence-electron chi connectivity index (χ0n) is 7.25. The summed E-state index contributed by atoms with van der Waals surface area (Å²) in [7, 11) is 0. The molecule has 0 radical (unpaired) electrons. The monoisotopic (exact) mass is 237 g/mol. The van der Waals surface area contributed by atoms with Crippen LogP contribution in [0.4, 0.5) is 0 Å². The number of hydrogen-bond donors (Lipinski definition) is 2. The summed E-state index contributed by atoms with van der Waals surface area (Å²) in [6.07, 6.45) is 1.77. The third kappa shape index (κ3) is 2.75. The second-order valence-electron chi connectivity index (χ2n) is 3.11. The lowest BCUT2D eigenvalue weighted by Crippen LogP contribution is -2.24. The predicted molar refractivity (Wildman–Crippen MR) is 52.7 cm³/mol. The molecule has 1 aliphatic heterocycles. The zero-order valence-corrected chi connectivity index (χ0v) is 8.96. The molecule has 1 rings (SSSR count). The number of aliphatic carboxylic acids is 1. The van der Waals surface area contributed by atoms with Gasteiger partial charge in [-0.1, -0.05) is 6.92 Å². The van der Waals surface area contributed by atoms with Gasteiger partial charge in [0.05, 0.1) is 5.92 Å². The number of rotatable bonds is 3. The van der Waals surface area contributed by atoms with Gasteiger partial charge in [-0.25, -0.2) is 0 Å². The van der Waals surface area contributed by atoms with Crippen molar-refractivity contribution in [2.75, 3.05) is 13.1 Å². The molecule has 0 aromatic heterocycles. The molecule has 0 saturated carbocycles. The maximum absolute atomic E-state index is 10.7. The van der Waals surface area contributed by atoms with E-state index in [4.69, 9.17) is 5.11 Å². The lowest BCUT2D eigenvalue weighted by atomic mass is 9.89. The fourth-order valence-corrected chi connectivity index (χ4v) is 1.73. The maximum atomic E-state index is 10.7. The second kappa shape index (κ2) is 5.54. The van der Waals surface area contributed by atoms with E-state index in [0.29, 0.717) is 5.92 Å². The quantitative estimate of drug-likeness (QED) is 0.778. The molecule has 3 nitrogen and oxygen atoms in total. The van der Waals surface area contributed by atoms with Crippen LogP contribution in [0, 0.1) is 11.8 Å². The third-order valence-electron chi connectivity index (χ3n) is 2.42. The molecule has 1 fully saturated rings. The minimum Gasteiger partial charge on any atom is -0.481 e. The van der Waals surface area contributed by atoms with Gasteiger partial charge in [-0.3, -0.25) is 4.79 Å². The lowest BCUT2D eigenvalue weighted by molar-refractivity contribution is -0.143. The number of carboxylic acid groups (broad SMARTS) is 1. The highest BCUT2D eigenvalue weighted by Crippen LogP contribution is 2.21. The molecule has 12 heavy (non-hydrogen) atoms. The highest BCUT2D eigenvalue weighted by molar-refractivity contribution is 8.93. The Kier molecular flexibility index (Phi) is 5.50. The number of nitrogens with one attached hydrogen (secondary N) is 1. The van der Waals surface area contributed by atoms with E-state index in [1.807, 2.05) is 6.92 Å². The molecule has 4 heteroatoms. The van der Waals surface area contributed by atoms with Crippen LogP contribution < -0.4 is 5.32 Å². The minimum absolute atomic E-state index is 0. The van der Waals surface area contributed by atoms with E-state index in [1.54, 1.807) is 0 Å². The van der Waals surface area contributed by atoms with Crippen molar-refractivity contribution >= 4 is 23.0 Å². The highest BCUT2D eigenvalue weighted by Gasteiger charge is 2.28. The van der Waals surface area contributed by atoms with E-state index in [-0.39, 0.29) is 22.9 Å². The first-order chi connectivity index (χ1) is 5.25. The molecule has 1 heterocycles. The largest absolute Gasteiger partial charge is 0.481 e. The normalized spacial score (nSPS) is 24.6. The van der Waals surface area contributed by atoms with Gasteiger partial charge in [0.15, 0.2) is 0 Å². The van der Waals surface area contributed by atoms with Gasteiger partial charge < -0.3 is 10.4 Å². The van der Waals surface area contributed by atoms with Gasteiger partial charge >= 0.3 is 5.97 Å². The summed E-state index contributed by atoms with van der Waals surface area (Å²) < 4.78 is 0. The smallest absolute Gasteiger partial charge is 0.306 e. The van der Waals surface area contributed by atoms with Crippen molar-refractivity contribution in [2.24, 2.45) is 11.8 Å². The summed E-state index contributed by atoms with van der Waals surface area (Å²) >= 11 is 0. The molecular formula is C8H16BrNO2. The number of carbonyl (C=O) groups is 1. The van der Waals surface area contributed by atoms with Crippen LogP contribution in [-0.2, 0) is 4.79 Å². The molecular weight excluding hydrogens is 222 g/mol. The molecule has 1 aliphatic rings. The minimum atomic E-state index is -0.638. The molecule has 72 valence electrons. The third-order valence-corrected chi connectivity index (χ3v) is 2.42. The van der Waals surface area contributed by atoms with Crippen molar-refractivity contribution in [3.8, 4) is 0 Å². The Labute approximate surface area is 83.3 Å². The molecule has 0 spiro atoms. The number of carboxylic acids is 1. The Morgan fingerprint density at radius 1 is 1.75 bits per heavy atom. The predicted octanol–water partition coefficient (Wildman–Crippen LogP) is 1.28. The van der Waals surface area contributed by atoms with Crippen LogP contribution in [0.5, 0.6) is 0 Å². The Balaban J connectivity index is 0.00000121. The van der Waals surface area contributed by atoms with Gasteiger partial charge in [0, 0.05) is 0 Å². The molecule has 0 bridgehead atoms. The standard InChI is InChI=1S/C8H15NO2.BrH/c1-2-7(8(10)11)6-3-4-9-5-6;/h6-7,9H,2-5H2,1H3,(H,10,11);1H. The van der Waals surface area contributed by atoms with Crippen LogP contribution in [0.3, 0.4) is 0 Å². The summed E-state index contributed by atoms with van der Waals surface area (Å²) in [6.45, 7) is 3.80. The first-order valence-electron chi connectivity index (χ1n) is 4.19. The molecule has 0 aliphatic carbocycles. The SMILES string of the molecule is Br.CCC(C(=O)O)C1CCNC1. The van der Waals surface area contributed by atoms with Crippen molar-refractivity contribution in [3.63, 3.8) is 0 Å². The van der Waals surface area contributed by atoms with Crippen LogP contribution in [0.1, 0.15) is 19.8 Å². The van der Waals surface area contributed by atoms with E-state index in [0.717, 1.165) is 25.9 Å². The van der Waals surface area contributed by atoms with Gasteiger partial charge in [0.2, 0.25) is 0 Å². The van der Waals surface area contributed by atoms with Crippen LogP contribution in [0.25, 0.3) is 0 Å². The molecule has 0 aromatic rings. The van der Waals surface area contributed by atoms with Crippen molar-refractivity contribution in [3.05, 3.63) is 0 Å². The zero-order chi connectivity index (χ0) is 8.27. The Hall–Kier alpha value is -0.0900. The summed E-state index contributed by atoms with van der Waals surface area (Å²) in [4.78, 5) is 10.7. The Morgan fingerprint density at radius 3 is 2.75 bits per heavy atom. The summed E-state index contributed by atoms with van der Waals surface area (Å²) in [5, 5.41) is 12.0. The van der Waals surface area contributed by atoms with Crippen molar-refractivity contribution in [1.29, 1.82) is 0 Å². The average molecular weight is 238 g/mol. The highest BCUT2D eigenvalue weighted by atomic mass is 79.9. The molecule has 2 N–H and O–H groups in total. The molecule has 2 unspecified atom stereocenters. The molecule has 2 atom stereocenters. The van der Waals surface area contributed by atoms with E-state index in [9.17, 15) is 4.79 Å². The van der Waals surface area contributed by atoms with Gasteiger partial charge in [-0.05, 0) is 31.8 Å². The summed E-state index contributed by atoms with van der Waals surface area (Å²) in [5.74, 6) is -0.413. The van der Waals surface area contributed by atoms with Crippen LogP contribution in [0.15, 0.2) is 0 Å². The lowest BCUT2D eigenvalue weighted by Gasteiger charge is -2.15. The average Bonchev–Trinajstić information content (AvgIpc) is 2.40. The fourth-order valence-electron chi connectivity index (χ4n) is 1.73. The van der Waals surface area contributed by atoms with E-state index >= 15 is 0 Å². The van der Waals surface area contributed by atoms with E-state index in [2.05, 4.69) is 5.32 Å². The van der Waals surface area contributed by atoms with Gasteiger partial charge in [-0.2, -0.15) is 0 Å². The van der Waals surface area contributed by atoms with Crippen LogP contribution in [0.2, 0.25) is 0 Å². The first-order valence-corrected chi connectivity index (χ1v) is 4.19. The van der Waals surface area contributed by atoms with Crippen molar-refractivity contribution < 1.29 is 9.90 Å². The Bertz CT molecular complexity index is 146. The van der Waals surface area contributed by atoms with Crippen LogP contribution >= 0.6 is 17.0 Å². The van der Waals surface area contributed by atoms with Gasteiger partial charge in [0.1, 0.15) is 0 Å². The molecule has 0 amide bonds. The van der Waals surface area contributed by atoms with Crippen LogP contribution in [-0.4, -0.2) is 24.2 Å². The van der Waals surface area contributed by atoms with Gasteiger partial charge in [-0.15, -0.1) is 17.0 Å². The fraction of sp³-hybridized carbons (Fsp3) is 0.875. The van der Waals surface area contributed by atoms with E-state index < -0.39 is 5.97 Å². The summed E-state index contributed by atoms with van der Waals surface area (Å²) in [6, 6.07) is 0. The second-order valence-corrected chi connectivity index (χ2v) is 3.11. The number of halogens is 1. The molecule has 0 aromatic carbocycles. The van der Waals surface area contributed by atoms with E-state index in [1.165, 1.54) is 0 Å². The summed E-state index contributed by atoms with van der Waals surface area (Å²) in [5.41, 5.74) is 0. The topological polar surface area (TPSA) is 49.3 Å². The first kappa shape index (κ1) is 11.9. The van der Waals surface area contributed by atoms with Crippen molar-refractivity contribution in [2.45, 2.75) is 19.8 Å². The molecule has 1 saturated heterocycles. The number of hydrogen-bond acceptors (Lipinski definition) is 2.